The topological polar surface area (TPSA) is 204 Å². The number of hydrogen-bond acceptors (Lipinski definition) is 15. The largest absolute Gasteiger partial charge is 0.448 e. The number of nitrogens with one attached hydrogen (secondary N) is 1. The molecule has 2 amide bonds. The maximum Gasteiger partial charge on any atom is 0.416 e. The van der Waals surface area contributed by atoms with E-state index in [0.29, 0.717) is 33.3 Å². The van der Waals surface area contributed by atoms with Crippen LogP contribution >= 0.6 is 21.6 Å². The number of anilines is 1. The standard InChI is InChI=1S/C23H26FN7O9S2/c1-29(23(35)38-5-7-41-42-8-6-39-31(36)37)21(34)18-16(32)17(33)22(40-18)30-12-28-15-19(26-11-27-20(15)30)25-10-13-3-2-4-14(24)9-13/h2-4,9,11-12,16-18,22,32-33H,5-8,10H2,1H3,(H,25,26,27)/t16-,17+,18-,22?/m0/s1. The number of rotatable bonds is 13. The Bertz CT molecular complexity index is 1420. The minimum absolute atomic E-state index is 0.0557. The van der Waals surface area contributed by atoms with Gasteiger partial charge in [0.1, 0.15) is 37.6 Å². The predicted octanol–water partition coefficient (Wildman–Crippen LogP) is 1.38. The van der Waals surface area contributed by atoms with Crippen LogP contribution in [-0.4, -0.2) is 102 Å². The van der Waals surface area contributed by atoms with Gasteiger partial charge in [0.15, 0.2) is 29.3 Å². The van der Waals surface area contributed by atoms with E-state index in [1.165, 1.54) is 50.9 Å². The average Bonchev–Trinajstić information content (AvgIpc) is 3.53. The molecule has 16 nitrogen and oxygen atoms in total. The van der Waals surface area contributed by atoms with Crippen molar-refractivity contribution in [2.45, 2.75) is 31.1 Å². The second-order valence-electron chi connectivity index (χ2n) is 8.67. The molecule has 0 saturated carbocycles. The van der Waals surface area contributed by atoms with Crippen molar-refractivity contribution in [2.75, 3.05) is 37.1 Å². The van der Waals surface area contributed by atoms with Gasteiger partial charge in [-0.2, -0.15) is 0 Å². The highest BCUT2D eigenvalue weighted by molar-refractivity contribution is 8.76. The number of aliphatic hydroxyl groups is 2. The Morgan fingerprint density at radius 1 is 1.21 bits per heavy atom. The molecule has 0 aliphatic carbocycles. The molecular weight excluding hydrogens is 601 g/mol. The molecule has 1 aromatic carbocycles. The SMILES string of the molecule is CN(C(=O)OCCSSCCO[N+](=O)[O-])C(=O)[C@H]1OC(n2cnc3c(NCc4cccc(F)c4)ncnc32)[C@H](O)[C@@H]1O. The molecule has 3 heterocycles. The van der Waals surface area contributed by atoms with Gasteiger partial charge in [-0.15, -0.1) is 10.1 Å². The van der Waals surface area contributed by atoms with Crippen LogP contribution < -0.4 is 5.32 Å². The predicted molar refractivity (Wildman–Crippen MR) is 147 cm³/mol. The van der Waals surface area contributed by atoms with Gasteiger partial charge in [-0.1, -0.05) is 33.7 Å². The van der Waals surface area contributed by atoms with Crippen LogP contribution in [0.25, 0.3) is 11.2 Å². The van der Waals surface area contributed by atoms with Crippen molar-refractivity contribution in [2.24, 2.45) is 0 Å². The van der Waals surface area contributed by atoms with Crippen molar-refractivity contribution >= 4 is 50.6 Å². The van der Waals surface area contributed by atoms with Gasteiger partial charge in [-0.3, -0.25) is 9.36 Å². The molecule has 4 rings (SSSR count). The number of aromatic nitrogens is 4. The first-order chi connectivity index (χ1) is 20.2. The van der Waals surface area contributed by atoms with Gasteiger partial charge < -0.3 is 29.8 Å². The highest BCUT2D eigenvalue weighted by Crippen LogP contribution is 2.33. The zero-order chi connectivity index (χ0) is 30.2. The number of halogens is 1. The maximum absolute atomic E-state index is 13.5. The summed E-state index contributed by atoms with van der Waals surface area (Å²) in [5.74, 6) is -0.302. The number of amides is 2. The minimum Gasteiger partial charge on any atom is -0.448 e. The lowest BCUT2D eigenvalue weighted by Gasteiger charge is -2.20. The van der Waals surface area contributed by atoms with Crippen LogP contribution in [-0.2, 0) is 25.7 Å². The number of hydrogen-bond donors (Lipinski definition) is 3. The van der Waals surface area contributed by atoms with Gasteiger partial charge in [-0.25, -0.2) is 29.0 Å². The number of nitrogens with zero attached hydrogens (tertiary/aromatic N) is 6. The summed E-state index contributed by atoms with van der Waals surface area (Å²) in [5.41, 5.74) is 1.20. The zero-order valence-electron chi connectivity index (χ0n) is 21.9. The first-order valence-electron chi connectivity index (χ1n) is 12.3. The first kappa shape index (κ1) is 31.2. The van der Waals surface area contributed by atoms with Crippen molar-refractivity contribution in [3.63, 3.8) is 0 Å². The van der Waals surface area contributed by atoms with Gasteiger partial charge in [0.25, 0.3) is 11.0 Å². The molecule has 0 spiro atoms. The molecule has 2 aromatic heterocycles. The number of imide groups is 1. The van der Waals surface area contributed by atoms with Gasteiger partial charge in [-0.05, 0) is 17.7 Å². The average molecular weight is 628 g/mol. The summed E-state index contributed by atoms with van der Waals surface area (Å²) in [6.07, 6.45) is -4.58. The van der Waals surface area contributed by atoms with Crippen molar-refractivity contribution < 1.29 is 43.6 Å². The van der Waals surface area contributed by atoms with Gasteiger partial charge in [0.2, 0.25) is 0 Å². The molecule has 0 radical (unpaired) electrons. The molecule has 1 unspecified atom stereocenters. The summed E-state index contributed by atoms with van der Waals surface area (Å²) in [5, 5.41) is 33.6. The van der Waals surface area contributed by atoms with Crippen molar-refractivity contribution in [1.29, 1.82) is 0 Å². The molecular formula is C23H26FN7O9S2. The van der Waals surface area contributed by atoms with Crippen LogP contribution in [0.4, 0.5) is 15.0 Å². The third-order valence-corrected chi connectivity index (χ3v) is 8.24. The number of likely N-dealkylation sites (N-methyl/N-ethyl adjacent to an activating group) is 1. The Morgan fingerprint density at radius 2 is 1.98 bits per heavy atom. The molecule has 1 fully saturated rings. The summed E-state index contributed by atoms with van der Waals surface area (Å²) in [6.45, 7) is 0.113. The smallest absolute Gasteiger partial charge is 0.416 e. The van der Waals surface area contributed by atoms with E-state index < -0.39 is 41.6 Å². The third kappa shape index (κ3) is 7.53. The van der Waals surface area contributed by atoms with Crippen LogP contribution in [0.1, 0.15) is 11.8 Å². The zero-order valence-corrected chi connectivity index (χ0v) is 23.6. The molecule has 1 aliphatic heterocycles. The lowest BCUT2D eigenvalue weighted by molar-refractivity contribution is -0.756. The van der Waals surface area contributed by atoms with E-state index in [4.69, 9.17) is 9.47 Å². The summed E-state index contributed by atoms with van der Waals surface area (Å²) in [6, 6.07) is 6.02. The fourth-order valence-electron chi connectivity index (χ4n) is 3.90. The second-order valence-corrected chi connectivity index (χ2v) is 11.4. The van der Waals surface area contributed by atoms with E-state index in [0.717, 1.165) is 7.05 Å². The van der Waals surface area contributed by atoms with E-state index in [1.54, 1.807) is 12.1 Å². The molecule has 4 atom stereocenters. The Labute approximate surface area is 245 Å². The maximum atomic E-state index is 13.5. The number of aliphatic hydroxyl groups excluding tert-OH is 2. The summed E-state index contributed by atoms with van der Waals surface area (Å²) in [4.78, 5) is 52.8. The van der Waals surface area contributed by atoms with Gasteiger partial charge in [0.05, 0.1) is 6.33 Å². The summed E-state index contributed by atoms with van der Waals surface area (Å²) in [7, 11) is 3.72. The minimum atomic E-state index is -1.68. The third-order valence-electron chi connectivity index (χ3n) is 5.91. The highest BCUT2D eigenvalue weighted by atomic mass is 33.1. The fraction of sp³-hybridized carbons (Fsp3) is 0.435. The number of imidazole rings is 1. The Kier molecular flexibility index (Phi) is 10.7. The van der Waals surface area contributed by atoms with E-state index in [9.17, 15) is 34.3 Å². The van der Waals surface area contributed by atoms with Crippen molar-refractivity contribution in [3.05, 3.63) is 58.4 Å². The molecule has 3 N–H and O–H groups in total. The quantitative estimate of drug-likeness (QED) is 0.106. The number of ether oxygens (including phenoxy) is 2. The number of carbonyl (C=O) groups is 2. The van der Waals surface area contributed by atoms with Crippen LogP contribution in [0.15, 0.2) is 36.9 Å². The van der Waals surface area contributed by atoms with E-state index >= 15 is 0 Å². The second kappa shape index (κ2) is 14.4. The number of benzene rings is 1. The van der Waals surface area contributed by atoms with Crippen molar-refractivity contribution in [3.8, 4) is 0 Å². The Hall–Kier alpha value is -3.78. The molecule has 42 heavy (non-hydrogen) atoms. The molecule has 19 heteroatoms. The Balaban J connectivity index is 1.33. The normalized spacial score (nSPS) is 19.9. The molecule has 226 valence electrons. The molecule has 0 bridgehead atoms. The van der Waals surface area contributed by atoms with Crippen molar-refractivity contribution in [1.82, 2.24) is 24.4 Å². The lowest BCUT2D eigenvalue weighted by Crippen LogP contribution is -2.46. The van der Waals surface area contributed by atoms with Crippen LogP contribution in [0, 0.1) is 15.9 Å². The molecule has 3 aromatic rings. The summed E-state index contributed by atoms with van der Waals surface area (Å²) < 4.78 is 25.6. The monoisotopic (exact) mass is 627 g/mol. The number of carbonyl (C=O) groups excluding carboxylic acids is 2. The van der Waals surface area contributed by atoms with Crippen LogP contribution in [0.3, 0.4) is 0 Å². The van der Waals surface area contributed by atoms with E-state index in [1.807, 2.05) is 0 Å². The molecule has 1 aliphatic rings. The Morgan fingerprint density at radius 3 is 2.71 bits per heavy atom. The fourth-order valence-corrected chi connectivity index (χ4v) is 5.54. The van der Waals surface area contributed by atoms with Gasteiger partial charge >= 0.3 is 6.09 Å². The molecule has 1 saturated heterocycles. The number of fused-ring (bicyclic) bond motifs is 1. The van der Waals surface area contributed by atoms with E-state index in [2.05, 4.69) is 25.1 Å². The van der Waals surface area contributed by atoms with Gasteiger partial charge in [0, 0.05) is 25.1 Å². The van der Waals surface area contributed by atoms with E-state index in [-0.39, 0.29) is 31.2 Å². The van der Waals surface area contributed by atoms with Crippen LogP contribution in [0.5, 0.6) is 0 Å². The highest BCUT2D eigenvalue weighted by Gasteiger charge is 2.49. The first-order valence-corrected chi connectivity index (χ1v) is 14.8. The van der Waals surface area contributed by atoms with Crippen LogP contribution in [0.2, 0.25) is 0 Å². The summed E-state index contributed by atoms with van der Waals surface area (Å²) >= 11 is 0. The lowest BCUT2D eigenvalue weighted by atomic mass is 10.1.